The van der Waals surface area contributed by atoms with Crippen molar-refractivity contribution < 1.29 is 0 Å². The van der Waals surface area contributed by atoms with Crippen LogP contribution in [-0.2, 0) is 0 Å². The van der Waals surface area contributed by atoms with Gasteiger partial charge in [0.15, 0.2) is 0 Å². The summed E-state index contributed by atoms with van der Waals surface area (Å²) < 4.78 is 0. The van der Waals surface area contributed by atoms with Gasteiger partial charge in [0.2, 0.25) is 0 Å². The van der Waals surface area contributed by atoms with E-state index in [9.17, 15) is 0 Å². The molecule has 0 fully saturated rings. The van der Waals surface area contributed by atoms with Crippen molar-refractivity contribution in [2.75, 3.05) is 5.32 Å². The molecule has 15 heavy (non-hydrogen) atoms. The summed E-state index contributed by atoms with van der Waals surface area (Å²) in [5.74, 6) is 0.418. The fraction of sp³-hybridized carbons (Fsp3) is 0.143. The SMILES string of the molecule is C=C1C(Nc2ccccc2)=CC=CC1C. The van der Waals surface area contributed by atoms with Gasteiger partial charge in [-0.25, -0.2) is 0 Å². The lowest BCUT2D eigenvalue weighted by Gasteiger charge is -2.19. The lowest BCUT2D eigenvalue weighted by atomic mass is 9.95. The minimum absolute atomic E-state index is 0.418. The molecule has 1 aromatic rings. The molecule has 1 aromatic carbocycles. The second-order valence-corrected chi connectivity index (χ2v) is 3.77. The smallest absolute Gasteiger partial charge is 0.0416 e. The first-order valence-electron chi connectivity index (χ1n) is 5.17. The Bertz CT molecular complexity index is 412. The molecule has 0 heterocycles. The molecule has 1 aliphatic rings. The number of anilines is 1. The van der Waals surface area contributed by atoms with Gasteiger partial charge in [0.1, 0.15) is 0 Å². The third-order valence-corrected chi connectivity index (χ3v) is 2.61. The van der Waals surface area contributed by atoms with E-state index in [0.717, 1.165) is 17.0 Å². The molecule has 1 N–H and O–H groups in total. The lowest BCUT2D eigenvalue weighted by Crippen LogP contribution is -2.09. The van der Waals surface area contributed by atoms with Crippen LogP contribution < -0.4 is 5.32 Å². The summed E-state index contributed by atoms with van der Waals surface area (Å²) in [5.41, 5.74) is 3.35. The summed E-state index contributed by atoms with van der Waals surface area (Å²) in [4.78, 5) is 0. The molecule has 0 bridgehead atoms. The molecule has 0 amide bonds. The Morgan fingerprint density at radius 3 is 2.67 bits per heavy atom. The second-order valence-electron chi connectivity index (χ2n) is 3.77. The summed E-state index contributed by atoms with van der Waals surface area (Å²) in [6.45, 7) is 6.24. The molecule has 1 heteroatoms. The Morgan fingerprint density at radius 1 is 1.20 bits per heavy atom. The van der Waals surface area contributed by atoms with E-state index < -0.39 is 0 Å². The number of allylic oxidation sites excluding steroid dienone is 4. The van der Waals surface area contributed by atoms with E-state index in [1.54, 1.807) is 0 Å². The van der Waals surface area contributed by atoms with Gasteiger partial charge < -0.3 is 5.32 Å². The second kappa shape index (κ2) is 4.18. The standard InChI is InChI=1S/C14H15N/c1-11-7-6-10-14(12(11)2)15-13-8-4-3-5-9-13/h3-11,15H,2H2,1H3. The van der Waals surface area contributed by atoms with Crippen LogP contribution in [0.1, 0.15) is 6.92 Å². The highest BCUT2D eigenvalue weighted by Gasteiger charge is 2.11. The number of benzene rings is 1. The van der Waals surface area contributed by atoms with Gasteiger partial charge in [-0.05, 0) is 23.8 Å². The van der Waals surface area contributed by atoms with Crippen LogP contribution in [0.25, 0.3) is 0 Å². The summed E-state index contributed by atoms with van der Waals surface area (Å²) in [7, 11) is 0. The van der Waals surface area contributed by atoms with Crippen LogP contribution in [0.3, 0.4) is 0 Å². The number of hydrogen-bond donors (Lipinski definition) is 1. The van der Waals surface area contributed by atoms with Gasteiger partial charge >= 0.3 is 0 Å². The van der Waals surface area contributed by atoms with Gasteiger partial charge in [-0.3, -0.25) is 0 Å². The molecule has 0 aromatic heterocycles. The maximum Gasteiger partial charge on any atom is 0.0416 e. The van der Waals surface area contributed by atoms with Crippen LogP contribution in [0, 0.1) is 5.92 Å². The molecule has 0 spiro atoms. The summed E-state index contributed by atoms with van der Waals surface area (Å²) in [6.07, 6.45) is 6.29. The largest absolute Gasteiger partial charge is 0.355 e. The van der Waals surface area contributed by atoms with Crippen molar-refractivity contribution >= 4 is 5.69 Å². The predicted molar refractivity (Wildman–Crippen MR) is 65.6 cm³/mol. The highest BCUT2D eigenvalue weighted by atomic mass is 14.9. The van der Waals surface area contributed by atoms with Crippen LogP contribution in [0.15, 0.2) is 66.4 Å². The quantitative estimate of drug-likeness (QED) is 0.761. The van der Waals surface area contributed by atoms with Crippen LogP contribution >= 0.6 is 0 Å². The zero-order chi connectivity index (χ0) is 10.7. The maximum atomic E-state index is 4.09. The molecule has 1 nitrogen and oxygen atoms in total. The number of nitrogens with one attached hydrogen (secondary N) is 1. The fourth-order valence-corrected chi connectivity index (χ4v) is 1.59. The Kier molecular flexibility index (Phi) is 2.72. The summed E-state index contributed by atoms with van der Waals surface area (Å²) in [6, 6.07) is 10.2. The maximum absolute atomic E-state index is 4.09. The van der Waals surface area contributed by atoms with Crippen LogP contribution in [0.2, 0.25) is 0 Å². The minimum Gasteiger partial charge on any atom is -0.355 e. The average molecular weight is 197 g/mol. The van der Waals surface area contributed by atoms with E-state index in [-0.39, 0.29) is 0 Å². The molecule has 0 radical (unpaired) electrons. The van der Waals surface area contributed by atoms with Crippen molar-refractivity contribution in [3.05, 3.63) is 66.4 Å². The molecule has 1 aliphatic carbocycles. The van der Waals surface area contributed by atoms with Gasteiger partial charge in [-0.2, -0.15) is 0 Å². The number of hydrogen-bond acceptors (Lipinski definition) is 1. The fourth-order valence-electron chi connectivity index (χ4n) is 1.59. The third kappa shape index (κ3) is 2.18. The molecule has 2 rings (SSSR count). The van der Waals surface area contributed by atoms with E-state index in [0.29, 0.717) is 5.92 Å². The first-order valence-corrected chi connectivity index (χ1v) is 5.17. The third-order valence-electron chi connectivity index (χ3n) is 2.61. The average Bonchev–Trinajstić information content (AvgIpc) is 2.26. The van der Waals surface area contributed by atoms with Crippen molar-refractivity contribution in [3.63, 3.8) is 0 Å². The minimum atomic E-state index is 0.418. The molecule has 1 unspecified atom stereocenters. The summed E-state index contributed by atoms with van der Waals surface area (Å²) >= 11 is 0. The normalized spacial score (nSPS) is 19.9. The molecule has 1 atom stereocenters. The van der Waals surface area contributed by atoms with Crippen molar-refractivity contribution in [1.82, 2.24) is 0 Å². The van der Waals surface area contributed by atoms with Crippen molar-refractivity contribution in [2.24, 2.45) is 5.92 Å². The zero-order valence-electron chi connectivity index (χ0n) is 8.90. The Labute approximate surface area is 90.8 Å². The monoisotopic (exact) mass is 197 g/mol. The van der Waals surface area contributed by atoms with E-state index in [2.05, 4.69) is 49.2 Å². The van der Waals surface area contributed by atoms with Gasteiger partial charge in [0, 0.05) is 17.3 Å². The molecule has 0 saturated carbocycles. The molecule has 76 valence electrons. The molecule has 0 saturated heterocycles. The van der Waals surface area contributed by atoms with Crippen molar-refractivity contribution in [3.8, 4) is 0 Å². The molecular formula is C14H15N. The van der Waals surface area contributed by atoms with E-state index in [1.807, 2.05) is 18.2 Å². The van der Waals surface area contributed by atoms with Crippen molar-refractivity contribution in [2.45, 2.75) is 6.92 Å². The molecular weight excluding hydrogens is 182 g/mol. The van der Waals surface area contributed by atoms with E-state index in [1.165, 1.54) is 0 Å². The number of para-hydroxylation sites is 1. The van der Waals surface area contributed by atoms with Gasteiger partial charge in [0.05, 0.1) is 0 Å². The summed E-state index contributed by atoms with van der Waals surface area (Å²) in [5, 5.41) is 3.37. The first kappa shape index (κ1) is 9.78. The van der Waals surface area contributed by atoms with E-state index >= 15 is 0 Å². The predicted octanol–water partition coefficient (Wildman–Crippen LogP) is 3.74. The van der Waals surface area contributed by atoms with Crippen molar-refractivity contribution in [1.29, 1.82) is 0 Å². The Morgan fingerprint density at radius 2 is 1.93 bits per heavy atom. The van der Waals surface area contributed by atoms with Crippen LogP contribution in [0.5, 0.6) is 0 Å². The van der Waals surface area contributed by atoms with Gasteiger partial charge in [-0.1, -0.05) is 43.9 Å². The van der Waals surface area contributed by atoms with Crippen LogP contribution in [-0.4, -0.2) is 0 Å². The van der Waals surface area contributed by atoms with Gasteiger partial charge in [0.25, 0.3) is 0 Å². The lowest BCUT2D eigenvalue weighted by molar-refractivity contribution is 0.868. The van der Waals surface area contributed by atoms with Gasteiger partial charge in [-0.15, -0.1) is 0 Å². The highest BCUT2D eigenvalue weighted by molar-refractivity contribution is 5.55. The highest BCUT2D eigenvalue weighted by Crippen LogP contribution is 2.24. The van der Waals surface area contributed by atoms with Crippen LogP contribution in [0.4, 0.5) is 5.69 Å². The first-order chi connectivity index (χ1) is 7.27. The molecule has 0 aliphatic heterocycles. The topological polar surface area (TPSA) is 12.0 Å². The number of rotatable bonds is 2. The van der Waals surface area contributed by atoms with E-state index in [4.69, 9.17) is 0 Å². The Balaban J connectivity index is 2.16. The Hall–Kier alpha value is -1.76. The zero-order valence-corrected chi connectivity index (χ0v) is 8.90.